The molecule has 0 aliphatic rings. The van der Waals surface area contributed by atoms with Crippen molar-refractivity contribution in [1.82, 2.24) is 9.97 Å². The summed E-state index contributed by atoms with van der Waals surface area (Å²) in [6.07, 6.45) is 1.85. The molecule has 2 rings (SSSR count). The van der Waals surface area contributed by atoms with Crippen LogP contribution < -0.4 is 5.73 Å². The Balaban J connectivity index is 2.41. The highest BCUT2D eigenvalue weighted by atomic mass is 35.5. The second-order valence-corrected chi connectivity index (χ2v) is 5.53. The van der Waals surface area contributed by atoms with E-state index in [1.54, 1.807) is 12.1 Å². The van der Waals surface area contributed by atoms with Gasteiger partial charge >= 0.3 is 0 Å². The van der Waals surface area contributed by atoms with Crippen molar-refractivity contribution in [2.75, 3.05) is 6.54 Å². The maximum Gasteiger partial charge on any atom is 0.159 e. The van der Waals surface area contributed by atoms with Gasteiger partial charge in [0, 0.05) is 17.0 Å². The Morgan fingerprint density at radius 3 is 2.25 bits per heavy atom. The second-order valence-electron chi connectivity index (χ2n) is 4.72. The van der Waals surface area contributed by atoms with Gasteiger partial charge in [0.05, 0.1) is 10.0 Å². The van der Waals surface area contributed by atoms with Crippen molar-refractivity contribution in [2.45, 2.75) is 26.7 Å². The summed E-state index contributed by atoms with van der Waals surface area (Å²) < 4.78 is 0. The minimum atomic E-state index is 0.510. The molecule has 5 heteroatoms. The van der Waals surface area contributed by atoms with Crippen LogP contribution in [0.3, 0.4) is 0 Å². The van der Waals surface area contributed by atoms with Crippen LogP contribution >= 0.6 is 23.2 Å². The van der Waals surface area contributed by atoms with Crippen LogP contribution in [0.1, 0.15) is 23.4 Å². The van der Waals surface area contributed by atoms with Crippen molar-refractivity contribution in [2.24, 2.45) is 5.73 Å². The number of halogens is 2. The Morgan fingerprint density at radius 2 is 1.70 bits per heavy atom. The predicted molar refractivity (Wildman–Crippen MR) is 84.3 cm³/mol. The van der Waals surface area contributed by atoms with Crippen LogP contribution in [-0.2, 0) is 6.42 Å². The Kier molecular flexibility index (Phi) is 4.97. The van der Waals surface area contributed by atoms with Crippen molar-refractivity contribution in [1.29, 1.82) is 0 Å². The summed E-state index contributed by atoms with van der Waals surface area (Å²) in [6.45, 7) is 4.68. The first-order valence-electron chi connectivity index (χ1n) is 6.52. The molecule has 0 unspecified atom stereocenters. The largest absolute Gasteiger partial charge is 0.330 e. The van der Waals surface area contributed by atoms with Gasteiger partial charge in [-0.15, -0.1) is 0 Å². The molecule has 0 spiro atoms. The summed E-state index contributed by atoms with van der Waals surface area (Å²) in [5, 5.41) is 1.04. The topological polar surface area (TPSA) is 51.8 Å². The van der Waals surface area contributed by atoms with Crippen molar-refractivity contribution in [3.63, 3.8) is 0 Å². The van der Waals surface area contributed by atoms with E-state index in [-0.39, 0.29) is 0 Å². The molecule has 0 saturated carbocycles. The van der Waals surface area contributed by atoms with Gasteiger partial charge in [-0.3, -0.25) is 0 Å². The molecule has 20 heavy (non-hydrogen) atoms. The lowest BCUT2D eigenvalue weighted by molar-refractivity contribution is 0.806. The van der Waals surface area contributed by atoms with Gasteiger partial charge in [-0.05, 0) is 57.0 Å². The maximum absolute atomic E-state index is 6.04. The van der Waals surface area contributed by atoms with Crippen LogP contribution in [0.4, 0.5) is 0 Å². The zero-order chi connectivity index (χ0) is 14.7. The molecule has 1 heterocycles. The van der Waals surface area contributed by atoms with E-state index < -0.39 is 0 Å². The number of benzene rings is 1. The smallest absolute Gasteiger partial charge is 0.159 e. The number of hydrogen-bond acceptors (Lipinski definition) is 3. The lowest BCUT2D eigenvalue weighted by atomic mass is 10.1. The fourth-order valence-corrected chi connectivity index (χ4v) is 2.44. The number of aryl methyl sites for hydroxylation is 2. The fraction of sp³-hybridized carbons (Fsp3) is 0.333. The number of nitrogens with zero attached hydrogens (tertiary/aromatic N) is 2. The van der Waals surface area contributed by atoms with Crippen LogP contribution in [0.15, 0.2) is 18.2 Å². The molecule has 1 aromatic heterocycles. The van der Waals surface area contributed by atoms with Gasteiger partial charge in [0.2, 0.25) is 0 Å². The summed E-state index contributed by atoms with van der Waals surface area (Å²) in [7, 11) is 0. The highest BCUT2D eigenvalue weighted by Gasteiger charge is 2.10. The highest BCUT2D eigenvalue weighted by molar-refractivity contribution is 6.42. The molecular formula is C15H17Cl2N3. The van der Waals surface area contributed by atoms with Gasteiger partial charge in [0.15, 0.2) is 5.82 Å². The number of aromatic nitrogens is 2. The molecule has 0 atom stereocenters. The van der Waals surface area contributed by atoms with E-state index in [1.165, 1.54) is 5.56 Å². The van der Waals surface area contributed by atoms with Crippen LogP contribution in [0.2, 0.25) is 10.0 Å². The molecule has 0 aliphatic heterocycles. The van der Waals surface area contributed by atoms with E-state index in [1.807, 2.05) is 19.9 Å². The summed E-state index contributed by atoms with van der Waals surface area (Å²) in [4.78, 5) is 9.15. The summed E-state index contributed by atoms with van der Waals surface area (Å²) >= 11 is 12.0. The predicted octanol–water partition coefficient (Wildman–Crippen LogP) is 3.96. The number of nitrogens with two attached hydrogens (primary N) is 1. The zero-order valence-electron chi connectivity index (χ0n) is 11.6. The summed E-state index contributed by atoms with van der Waals surface area (Å²) in [5.41, 5.74) is 9.60. The highest BCUT2D eigenvalue weighted by Crippen LogP contribution is 2.27. The molecule has 106 valence electrons. The average Bonchev–Trinajstić information content (AvgIpc) is 2.41. The SMILES string of the molecule is Cc1nc(-c2ccc(Cl)c(Cl)c2)nc(C)c1CCCN. The van der Waals surface area contributed by atoms with Gasteiger partial charge in [0.1, 0.15) is 0 Å². The molecule has 0 amide bonds. The number of rotatable bonds is 4. The standard InChI is InChI=1S/C15H17Cl2N3/c1-9-12(4-3-7-18)10(2)20-15(19-9)11-5-6-13(16)14(17)8-11/h5-6,8H,3-4,7,18H2,1-2H3. The third-order valence-corrected chi connectivity index (χ3v) is 3.97. The molecule has 3 nitrogen and oxygen atoms in total. The maximum atomic E-state index is 6.04. The molecule has 0 radical (unpaired) electrons. The van der Waals surface area contributed by atoms with Crippen molar-refractivity contribution in [3.8, 4) is 11.4 Å². The van der Waals surface area contributed by atoms with Gasteiger partial charge in [-0.2, -0.15) is 0 Å². The lowest BCUT2D eigenvalue weighted by Crippen LogP contribution is -2.06. The van der Waals surface area contributed by atoms with Crippen LogP contribution in [0.5, 0.6) is 0 Å². The molecule has 0 aliphatic carbocycles. The third kappa shape index (κ3) is 3.29. The fourth-order valence-electron chi connectivity index (χ4n) is 2.14. The summed E-state index contributed by atoms with van der Waals surface area (Å²) in [6, 6.07) is 5.43. The minimum Gasteiger partial charge on any atom is -0.330 e. The van der Waals surface area contributed by atoms with E-state index in [9.17, 15) is 0 Å². The average molecular weight is 310 g/mol. The molecule has 0 bridgehead atoms. The van der Waals surface area contributed by atoms with Gasteiger partial charge < -0.3 is 5.73 Å². The quantitative estimate of drug-likeness (QED) is 0.930. The van der Waals surface area contributed by atoms with Crippen LogP contribution in [0.25, 0.3) is 11.4 Å². The summed E-state index contributed by atoms with van der Waals surface area (Å²) in [5.74, 6) is 0.676. The van der Waals surface area contributed by atoms with E-state index in [4.69, 9.17) is 28.9 Å². The first-order chi connectivity index (χ1) is 9.52. The molecule has 1 aromatic carbocycles. The van der Waals surface area contributed by atoms with E-state index in [0.717, 1.165) is 29.8 Å². The molecule has 2 N–H and O–H groups in total. The monoisotopic (exact) mass is 309 g/mol. The van der Waals surface area contributed by atoms with Crippen LogP contribution in [-0.4, -0.2) is 16.5 Å². The van der Waals surface area contributed by atoms with E-state index >= 15 is 0 Å². The van der Waals surface area contributed by atoms with Gasteiger partial charge in [-0.25, -0.2) is 9.97 Å². The first-order valence-corrected chi connectivity index (χ1v) is 7.28. The van der Waals surface area contributed by atoms with Gasteiger partial charge in [0.25, 0.3) is 0 Å². The lowest BCUT2D eigenvalue weighted by Gasteiger charge is -2.11. The van der Waals surface area contributed by atoms with E-state index in [0.29, 0.717) is 22.4 Å². The Hall–Kier alpha value is -1.16. The Morgan fingerprint density at radius 1 is 1.05 bits per heavy atom. The number of hydrogen-bond donors (Lipinski definition) is 1. The van der Waals surface area contributed by atoms with E-state index in [2.05, 4.69) is 9.97 Å². The van der Waals surface area contributed by atoms with Crippen molar-refractivity contribution in [3.05, 3.63) is 45.2 Å². The van der Waals surface area contributed by atoms with Crippen molar-refractivity contribution >= 4 is 23.2 Å². The Labute approximate surface area is 129 Å². The van der Waals surface area contributed by atoms with Crippen molar-refractivity contribution < 1.29 is 0 Å². The van der Waals surface area contributed by atoms with Crippen LogP contribution in [0, 0.1) is 13.8 Å². The molecular weight excluding hydrogens is 293 g/mol. The molecule has 0 saturated heterocycles. The zero-order valence-corrected chi connectivity index (χ0v) is 13.1. The molecule has 2 aromatic rings. The molecule has 0 fully saturated rings. The third-order valence-electron chi connectivity index (χ3n) is 3.23. The second kappa shape index (κ2) is 6.53. The minimum absolute atomic E-state index is 0.510. The first kappa shape index (κ1) is 15.2. The Bertz CT molecular complexity index is 604. The normalized spacial score (nSPS) is 10.8. The van der Waals surface area contributed by atoms with Gasteiger partial charge in [-0.1, -0.05) is 23.2 Å².